The van der Waals surface area contributed by atoms with Crippen LogP contribution >= 0.6 is 0 Å². The molecule has 0 radical (unpaired) electrons. The molecule has 2 aliphatic rings. The molecule has 3 rings (SSSR count). The fraction of sp³-hybridized carbons (Fsp3) is 0.750. The summed E-state index contributed by atoms with van der Waals surface area (Å²) in [5.41, 5.74) is 0. The van der Waals surface area contributed by atoms with Crippen LogP contribution in [-0.2, 0) is 4.74 Å². The van der Waals surface area contributed by atoms with Gasteiger partial charge >= 0.3 is 0 Å². The van der Waals surface area contributed by atoms with Gasteiger partial charge in [0.1, 0.15) is 5.82 Å². The summed E-state index contributed by atoms with van der Waals surface area (Å²) in [6.07, 6.45) is 2.34. The van der Waals surface area contributed by atoms with Gasteiger partial charge in [0.2, 0.25) is 0 Å². The number of morpholine rings is 1. The number of aliphatic hydroxyl groups excluding tert-OH is 1. The van der Waals surface area contributed by atoms with Gasteiger partial charge in [0.15, 0.2) is 0 Å². The number of aliphatic hydroxyl groups is 1. The molecule has 2 saturated heterocycles. The molecule has 2 fully saturated rings. The molecule has 0 spiro atoms. The normalized spacial score (nSPS) is 30.6. The largest absolute Gasteiger partial charge is 0.391 e. The predicted octanol–water partition coefficient (Wildman–Crippen LogP) is -0.318. The van der Waals surface area contributed by atoms with Crippen molar-refractivity contribution in [3.63, 3.8) is 0 Å². The standard InChI is InChI=1S/C12H20N4O2/c17-11-2-4-16(12-1-3-13-14-12)9-10(11)15-5-7-18-8-6-15/h1,3,10-11,17H,2,4-9H2,(H,13,14)/t10?,11-/m0/s1. The van der Waals surface area contributed by atoms with Gasteiger partial charge in [-0.3, -0.25) is 10.00 Å². The van der Waals surface area contributed by atoms with Crippen molar-refractivity contribution in [3.05, 3.63) is 12.3 Å². The minimum Gasteiger partial charge on any atom is -0.391 e. The van der Waals surface area contributed by atoms with Crippen molar-refractivity contribution in [1.29, 1.82) is 0 Å². The average Bonchev–Trinajstić information content (AvgIpc) is 2.94. The van der Waals surface area contributed by atoms with Gasteiger partial charge in [-0.15, -0.1) is 0 Å². The van der Waals surface area contributed by atoms with Crippen LogP contribution in [0.5, 0.6) is 0 Å². The minimum absolute atomic E-state index is 0.200. The molecule has 0 aliphatic carbocycles. The maximum Gasteiger partial charge on any atom is 0.124 e. The Morgan fingerprint density at radius 2 is 2.17 bits per heavy atom. The third-order valence-electron chi connectivity index (χ3n) is 3.89. The Bertz CT molecular complexity index is 364. The van der Waals surface area contributed by atoms with Gasteiger partial charge in [-0.05, 0) is 6.42 Å². The average molecular weight is 252 g/mol. The number of rotatable bonds is 2. The molecule has 3 heterocycles. The third kappa shape index (κ3) is 2.36. The van der Waals surface area contributed by atoms with Gasteiger partial charge in [-0.1, -0.05) is 0 Å². The second kappa shape index (κ2) is 5.26. The number of nitrogens with zero attached hydrogens (tertiary/aromatic N) is 3. The number of hydrogen-bond donors (Lipinski definition) is 2. The summed E-state index contributed by atoms with van der Waals surface area (Å²) in [5, 5.41) is 17.2. The lowest BCUT2D eigenvalue weighted by atomic mass is 10.00. The monoisotopic (exact) mass is 252 g/mol. The fourth-order valence-electron chi connectivity index (χ4n) is 2.83. The zero-order valence-electron chi connectivity index (χ0n) is 10.5. The van der Waals surface area contributed by atoms with E-state index in [4.69, 9.17) is 4.74 Å². The Hall–Kier alpha value is -1.11. The highest BCUT2D eigenvalue weighted by Gasteiger charge is 2.33. The van der Waals surface area contributed by atoms with E-state index in [0.29, 0.717) is 0 Å². The predicted molar refractivity (Wildman–Crippen MR) is 67.6 cm³/mol. The molecule has 1 aromatic heterocycles. The molecule has 2 aliphatic heterocycles. The second-order valence-corrected chi connectivity index (χ2v) is 4.96. The molecule has 1 aromatic rings. The number of piperidine rings is 1. The Morgan fingerprint density at radius 3 is 2.89 bits per heavy atom. The van der Waals surface area contributed by atoms with Crippen molar-refractivity contribution in [2.45, 2.75) is 18.6 Å². The molecule has 2 N–H and O–H groups in total. The third-order valence-corrected chi connectivity index (χ3v) is 3.89. The summed E-state index contributed by atoms with van der Waals surface area (Å²) in [6.45, 7) is 5.10. The van der Waals surface area contributed by atoms with Gasteiger partial charge in [-0.25, -0.2) is 0 Å². The van der Waals surface area contributed by atoms with Crippen LogP contribution in [0.2, 0.25) is 0 Å². The summed E-state index contributed by atoms with van der Waals surface area (Å²) in [4.78, 5) is 4.61. The summed E-state index contributed by atoms with van der Waals surface area (Å²) in [5.74, 6) is 1.04. The molecule has 100 valence electrons. The molecule has 18 heavy (non-hydrogen) atoms. The Kier molecular flexibility index (Phi) is 3.49. The summed E-state index contributed by atoms with van der Waals surface area (Å²) < 4.78 is 5.37. The lowest BCUT2D eigenvalue weighted by molar-refractivity contribution is -0.0267. The SMILES string of the molecule is O[C@H]1CCN(c2ccn[nH]2)CC1N1CCOCC1. The first kappa shape index (κ1) is 12.0. The van der Waals surface area contributed by atoms with E-state index in [1.807, 2.05) is 6.07 Å². The van der Waals surface area contributed by atoms with Crippen LogP contribution in [0.4, 0.5) is 5.82 Å². The topological polar surface area (TPSA) is 64.6 Å². The number of aromatic amines is 1. The number of hydrogen-bond acceptors (Lipinski definition) is 5. The van der Waals surface area contributed by atoms with Gasteiger partial charge in [-0.2, -0.15) is 5.10 Å². The van der Waals surface area contributed by atoms with Crippen LogP contribution in [0.15, 0.2) is 12.3 Å². The molecular weight excluding hydrogens is 232 g/mol. The van der Waals surface area contributed by atoms with Crippen molar-refractivity contribution in [1.82, 2.24) is 15.1 Å². The van der Waals surface area contributed by atoms with Crippen LogP contribution in [0.25, 0.3) is 0 Å². The van der Waals surface area contributed by atoms with Crippen LogP contribution in [0.1, 0.15) is 6.42 Å². The van der Waals surface area contributed by atoms with E-state index >= 15 is 0 Å². The maximum absolute atomic E-state index is 10.2. The zero-order valence-corrected chi connectivity index (χ0v) is 10.5. The first-order valence-electron chi connectivity index (χ1n) is 6.59. The Balaban J connectivity index is 1.68. The molecule has 0 saturated carbocycles. The summed E-state index contributed by atoms with van der Waals surface area (Å²) in [7, 11) is 0. The summed E-state index contributed by atoms with van der Waals surface area (Å²) in [6, 6.07) is 2.18. The molecule has 1 unspecified atom stereocenters. The first-order valence-corrected chi connectivity index (χ1v) is 6.59. The van der Waals surface area contributed by atoms with Crippen LogP contribution < -0.4 is 4.90 Å². The van der Waals surface area contributed by atoms with E-state index in [1.165, 1.54) is 0 Å². The van der Waals surface area contributed by atoms with Crippen molar-refractivity contribution >= 4 is 5.82 Å². The number of ether oxygens (including phenoxy) is 1. The highest BCUT2D eigenvalue weighted by molar-refractivity contribution is 5.37. The van der Waals surface area contributed by atoms with E-state index in [1.54, 1.807) is 6.20 Å². The first-order chi connectivity index (χ1) is 8.84. The van der Waals surface area contributed by atoms with Crippen molar-refractivity contribution in [3.8, 4) is 0 Å². The lowest BCUT2D eigenvalue weighted by Gasteiger charge is -2.43. The van der Waals surface area contributed by atoms with E-state index in [-0.39, 0.29) is 12.1 Å². The molecule has 0 amide bonds. The van der Waals surface area contributed by atoms with Gasteiger partial charge in [0.05, 0.1) is 31.6 Å². The van der Waals surface area contributed by atoms with Gasteiger partial charge in [0.25, 0.3) is 0 Å². The van der Waals surface area contributed by atoms with Crippen molar-refractivity contribution < 1.29 is 9.84 Å². The quantitative estimate of drug-likeness (QED) is 0.755. The highest BCUT2D eigenvalue weighted by atomic mass is 16.5. The van der Waals surface area contributed by atoms with Crippen molar-refractivity contribution in [2.24, 2.45) is 0 Å². The van der Waals surface area contributed by atoms with E-state index in [2.05, 4.69) is 20.0 Å². The lowest BCUT2D eigenvalue weighted by Crippen LogP contribution is -2.57. The second-order valence-electron chi connectivity index (χ2n) is 4.96. The number of aromatic nitrogens is 2. The molecule has 0 bridgehead atoms. The fourth-order valence-corrected chi connectivity index (χ4v) is 2.83. The van der Waals surface area contributed by atoms with Crippen molar-refractivity contribution in [2.75, 3.05) is 44.3 Å². The van der Waals surface area contributed by atoms with Gasteiger partial charge < -0.3 is 14.7 Å². The van der Waals surface area contributed by atoms with Crippen LogP contribution in [0.3, 0.4) is 0 Å². The molecule has 2 atom stereocenters. The number of H-pyrrole nitrogens is 1. The van der Waals surface area contributed by atoms with E-state index in [9.17, 15) is 5.11 Å². The highest BCUT2D eigenvalue weighted by Crippen LogP contribution is 2.21. The van der Waals surface area contributed by atoms with E-state index < -0.39 is 0 Å². The zero-order chi connectivity index (χ0) is 12.4. The Labute approximate surface area is 107 Å². The smallest absolute Gasteiger partial charge is 0.124 e. The molecule has 6 nitrogen and oxygen atoms in total. The molecule has 0 aromatic carbocycles. The van der Waals surface area contributed by atoms with E-state index in [0.717, 1.165) is 51.6 Å². The maximum atomic E-state index is 10.2. The number of nitrogens with one attached hydrogen (secondary N) is 1. The summed E-state index contributed by atoms with van der Waals surface area (Å²) >= 11 is 0. The van der Waals surface area contributed by atoms with Crippen LogP contribution in [-0.4, -0.2) is 71.7 Å². The van der Waals surface area contributed by atoms with Gasteiger partial charge in [0, 0.05) is 32.2 Å². The number of anilines is 1. The Morgan fingerprint density at radius 1 is 1.33 bits per heavy atom. The minimum atomic E-state index is -0.234. The van der Waals surface area contributed by atoms with Crippen LogP contribution in [0, 0.1) is 0 Å². The molecule has 6 heteroatoms. The molecular formula is C12H20N4O2.